The third-order valence-corrected chi connectivity index (χ3v) is 6.25. The van der Waals surface area contributed by atoms with Crippen LogP contribution in [-0.2, 0) is 0 Å². The van der Waals surface area contributed by atoms with E-state index in [1.165, 1.54) is 0 Å². The Hall–Kier alpha value is 1.30. The Bertz CT molecular complexity index is 54.3. The third-order valence-electron chi connectivity index (χ3n) is 0.231. The zero-order valence-corrected chi connectivity index (χ0v) is 7.76. The molecule has 0 N–H and O–H groups in total. The van der Waals surface area contributed by atoms with Crippen molar-refractivity contribution in [2.45, 2.75) is 3.42 Å². The SMILES string of the molecule is [SiH2]=[SiH]C(Cl)(Cl)Cl. The maximum atomic E-state index is 5.29. The normalized spacial score (nSPS) is 11.2. The number of halogens is 3. The van der Waals surface area contributed by atoms with Crippen molar-refractivity contribution in [1.82, 2.24) is 0 Å². The molecule has 0 nitrogen and oxygen atoms in total. The van der Waals surface area contributed by atoms with Crippen molar-refractivity contribution in [3.05, 3.63) is 0 Å². The Morgan fingerprint density at radius 3 is 1.50 bits per heavy atom. The van der Waals surface area contributed by atoms with Gasteiger partial charge in [-0.1, -0.05) is 34.8 Å². The maximum absolute atomic E-state index is 5.29. The molecule has 0 aromatic rings. The first-order valence-corrected chi connectivity index (χ1v) is 6.24. The molecule has 0 atom stereocenters. The van der Waals surface area contributed by atoms with Crippen molar-refractivity contribution >= 4 is 52.8 Å². The monoisotopic (exact) mass is 176 g/mol. The van der Waals surface area contributed by atoms with E-state index in [-0.39, 0.29) is 8.61 Å². The number of hydrogen-bond donors (Lipinski definition) is 0. The van der Waals surface area contributed by atoms with Crippen molar-refractivity contribution < 1.29 is 0 Å². The number of alkyl halides is 3. The Kier molecular flexibility index (Phi) is 3.13. The molecule has 0 saturated carbocycles. The predicted molar refractivity (Wildman–Crippen MR) is 36.0 cm³/mol. The Morgan fingerprint density at radius 1 is 1.33 bits per heavy atom. The second-order valence-electron chi connectivity index (χ2n) is 0.746. The van der Waals surface area contributed by atoms with E-state index in [4.69, 9.17) is 34.8 Å². The lowest BCUT2D eigenvalue weighted by molar-refractivity contribution is 1.74. The van der Waals surface area contributed by atoms with Gasteiger partial charge in [-0.15, -0.1) is 0 Å². The van der Waals surface area contributed by atoms with Crippen LogP contribution in [0.5, 0.6) is 0 Å². The van der Waals surface area contributed by atoms with Crippen LogP contribution >= 0.6 is 34.8 Å². The van der Waals surface area contributed by atoms with Gasteiger partial charge in [0.1, 0.15) is 0 Å². The largest absolute Gasteiger partial charge is 0.183 e. The number of hydrogen-bond acceptors (Lipinski definition) is 0. The van der Waals surface area contributed by atoms with Gasteiger partial charge in [0.05, 0.1) is 0 Å². The summed E-state index contributed by atoms with van der Waals surface area (Å²) in [7, 11) is 1.71. The molecule has 6 heavy (non-hydrogen) atoms. The first kappa shape index (κ1) is 7.30. The zero-order chi connectivity index (χ0) is 5.21. The molecule has 0 aliphatic heterocycles. The second kappa shape index (κ2) is 2.57. The van der Waals surface area contributed by atoms with Gasteiger partial charge in [-0.2, -0.15) is 0 Å². The summed E-state index contributed by atoms with van der Waals surface area (Å²) in [6.45, 7) is 0. The lowest BCUT2D eigenvalue weighted by Gasteiger charge is -1.97. The van der Waals surface area contributed by atoms with Crippen molar-refractivity contribution in [2.24, 2.45) is 0 Å². The van der Waals surface area contributed by atoms with E-state index in [0.29, 0.717) is 0 Å². The Morgan fingerprint density at radius 2 is 1.50 bits per heavy atom. The molecule has 0 amide bonds. The van der Waals surface area contributed by atoms with Crippen LogP contribution in [0.3, 0.4) is 0 Å². The van der Waals surface area contributed by atoms with Crippen LogP contribution in [0.1, 0.15) is 0 Å². The van der Waals surface area contributed by atoms with Gasteiger partial charge in [-0.05, 0) is 9.34 Å². The van der Waals surface area contributed by atoms with Gasteiger partial charge < -0.3 is 0 Å². The summed E-state index contributed by atoms with van der Waals surface area (Å²) in [5.74, 6) is 0. The minimum Gasteiger partial charge on any atom is -0.0849 e. The van der Waals surface area contributed by atoms with Gasteiger partial charge in [0.2, 0.25) is 0 Å². The Balaban J connectivity index is 3.45. The van der Waals surface area contributed by atoms with Gasteiger partial charge in [0.25, 0.3) is 0 Å². The fourth-order valence-corrected chi connectivity index (χ4v) is 0. The molecule has 5 heteroatoms. The molecule has 0 fully saturated rings. The molecule has 0 rings (SSSR count). The van der Waals surface area contributed by atoms with Crippen LogP contribution in [-0.4, -0.2) is 21.4 Å². The summed E-state index contributed by atoms with van der Waals surface area (Å²) in [5, 5.41) is 0. The molecule has 0 heterocycles. The highest BCUT2D eigenvalue weighted by Gasteiger charge is 2.10. The standard InChI is InChI=1S/CH3Cl3Si2/c2-1(3,4)6-5/h6H,5H2. The zero-order valence-electron chi connectivity index (χ0n) is 2.92. The molecule has 36 valence electrons. The Labute approximate surface area is 56.3 Å². The smallest absolute Gasteiger partial charge is 0.0849 e. The van der Waals surface area contributed by atoms with Crippen LogP contribution in [0, 0.1) is 0 Å². The van der Waals surface area contributed by atoms with E-state index in [9.17, 15) is 0 Å². The van der Waals surface area contributed by atoms with Gasteiger partial charge in [-0.3, -0.25) is 0 Å². The van der Waals surface area contributed by atoms with E-state index < -0.39 is 3.42 Å². The van der Waals surface area contributed by atoms with E-state index in [0.717, 1.165) is 0 Å². The predicted octanol–water partition coefficient (Wildman–Crippen LogP) is 0.299. The van der Waals surface area contributed by atoms with E-state index >= 15 is 0 Å². The lowest BCUT2D eigenvalue weighted by atomic mass is 11.8. The highest BCUT2D eigenvalue weighted by molar-refractivity contribution is 6.92. The molecule has 0 aromatic heterocycles. The molecule has 0 spiro atoms. The van der Waals surface area contributed by atoms with Gasteiger partial charge in [0, 0.05) is 8.61 Å². The molecule has 0 radical (unpaired) electrons. The first-order valence-electron chi connectivity index (χ1n) is 1.26. The summed E-state index contributed by atoms with van der Waals surface area (Å²) >= 11 is 15.9. The molecular weight excluding hydrogens is 175 g/mol. The van der Waals surface area contributed by atoms with Crippen LogP contribution in [0.4, 0.5) is 0 Å². The molecule has 0 aliphatic carbocycles. The maximum Gasteiger partial charge on any atom is 0.183 e. The van der Waals surface area contributed by atoms with Gasteiger partial charge in [-0.25, -0.2) is 0 Å². The molecule has 0 saturated heterocycles. The highest BCUT2D eigenvalue weighted by Crippen LogP contribution is 2.20. The first-order chi connectivity index (χ1) is 2.56. The van der Waals surface area contributed by atoms with Crippen molar-refractivity contribution in [2.75, 3.05) is 0 Å². The van der Waals surface area contributed by atoms with Crippen molar-refractivity contribution in [1.29, 1.82) is 0 Å². The topological polar surface area (TPSA) is 0 Å². The minimum absolute atomic E-state index is 0.0162. The minimum atomic E-state index is -0.946. The van der Waals surface area contributed by atoms with Gasteiger partial charge in [0.15, 0.2) is 3.42 Å². The molecule has 0 unspecified atom stereocenters. The van der Waals surface area contributed by atoms with Crippen molar-refractivity contribution in [3.63, 3.8) is 0 Å². The van der Waals surface area contributed by atoms with Gasteiger partial charge >= 0.3 is 0 Å². The summed E-state index contributed by atoms with van der Waals surface area (Å²) in [6.07, 6.45) is 0. The van der Waals surface area contributed by atoms with E-state index in [1.54, 1.807) is 9.34 Å². The summed E-state index contributed by atoms with van der Waals surface area (Å²) in [5.41, 5.74) is 0. The van der Waals surface area contributed by atoms with Crippen LogP contribution in [0.25, 0.3) is 0 Å². The average Bonchev–Trinajstić information content (AvgIpc) is 1.35. The van der Waals surface area contributed by atoms with E-state index in [1.807, 2.05) is 0 Å². The summed E-state index contributed by atoms with van der Waals surface area (Å²) in [6, 6.07) is 0. The van der Waals surface area contributed by atoms with Crippen molar-refractivity contribution in [3.8, 4) is 0 Å². The van der Waals surface area contributed by atoms with E-state index in [2.05, 4.69) is 0 Å². The molecule has 0 aliphatic rings. The number of rotatable bonds is 0. The molecule has 0 aromatic carbocycles. The average molecular weight is 178 g/mol. The third kappa shape index (κ3) is 5.30. The van der Waals surface area contributed by atoms with Crippen LogP contribution in [0.2, 0.25) is 0 Å². The lowest BCUT2D eigenvalue weighted by Crippen LogP contribution is -2.04. The molecular formula is CH3Cl3Si2. The fraction of sp³-hybridized carbons (Fsp3) is 1.00. The molecule has 0 bridgehead atoms. The summed E-state index contributed by atoms with van der Waals surface area (Å²) < 4.78 is -0.946. The quantitative estimate of drug-likeness (QED) is 0.369. The highest BCUT2D eigenvalue weighted by atomic mass is 35.6. The second-order valence-corrected chi connectivity index (χ2v) is 6.71. The fourth-order valence-electron chi connectivity index (χ4n) is 0. The summed E-state index contributed by atoms with van der Waals surface area (Å²) in [4.78, 5) is 0. The van der Waals surface area contributed by atoms with Crippen LogP contribution < -0.4 is 0 Å². The van der Waals surface area contributed by atoms with Crippen LogP contribution in [0.15, 0.2) is 0 Å².